The summed E-state index contributed by atoms with van der Waals surface area (Å²) in [6, 6.07) is 8.87. The summed E-state index contributed by atoms with van der Waals surface area (Å²) in [5.41, 5.74) is 1.23. The second kappa shape index (κ2) is 5.32. The van der Waals surface area contributed by atoms with Crippen LogP contribution in [0.25, 0.3) is 10.1 Å². The van der Waals surface area contributed by atoms with Crippen LogP contribution < -0.4 is 5.32 Å². The normalized spacial score (nSPS) is 12.9. The molecule has 0 aliphatic rings. The highest BCUT2D eigenvalue weighted by Crippen LogP contribution is 2.30. The first kappa shape index (κ1) is 11.4. The first-order valence-electron chi connectivity index (χ1n) is 5.57. The molecule has 3 heteroatoms. The number of hydrogen-bond donors (Lipinski definition) is 1. The molecule has 2 rings (SSSR count). The Morgan fingerprint density at radius 3 is 2.94 bits per heavy atom. The topological polar surface area (TPSA) is 21.3 Å². The Morgan fingerprint density at radius 2 is 2.19 bits per heavy atom. The van der Waals surface area contributed by atoms with Crippen LogP contribution in [0, 0.1) is 0 Å². The zero-order valence-electron chi connectivity index (χ0n) is 9.69. The van der Waals surface area contributed by atoms with Gasteiger partial charge >= 0.3 is 0 Å². The fourth-order valence-corrected chi connectivity index (χ4v) is 2.67. The SMILES string of the molecule is CCC(COC)Nc1csc2ccccc12. The van der Waals surface area contributed by atoms with Gasteiger partial charge in [-0.2, -0.15) is 0 Å². The van der Waals surface area contributed by atoms with Gasteiger partial charge in [0.15, 0.2) is 0 Å². The van der Waals surface area contributed by atoms with Crippen LogP contribution in [0.4, 0.5) is 5.69 Å². The summed E-state index contributed by atoms with van der Waals surface area (Å²) in [6.45, 7) is 2.92. The molecular weight excluding hydrogens is 218 g/mol. The highest BCUT2D eigenvalue weighted by molar-refractivity contribution is 7.17. The molecule has 1 atom stereocenters. The van der Waals surface area contributed by atoms with E-state index in [4.69, 9.17) is 4.74 Å². The summed E-state index contributed by atoms with van der Waals surface area (Å²) in [5, 5.41) is 7.03. The molecule has 1 N–H and O–H groups in total. The molecule has 0 spiro atoms. The summed E-state index contributed by atoms with van der Waals surface area (Å²) >= 11 is 1.78. The highest BCUT2D eigenvalue weighted by Gasteiger charge is 2.08. The van der Waals surface area contributed by atoms with E-state index in [1.54, 1.807) is 18.4 Å². The molecule has 1 aromatic carbocycles. The van der Waals surface area contributed by atoms with E-state index < -0.39 is 0 Å². The van der Waals surface area contributed by atoms with Crippen LogP contribution in [-0.2, 0) is 4.74 Å². The van der Waals surface area contributed by atoms with E-state index in [-0.39, 0.29) is 0 Å². The van der Waals surface area contributed by atoms with E-state index in [0.29, 0.717) is 6.04 Å². The quantitative estimate of drug-likeness (QED) is 0.852. The minimum absolute atomic E-state index is 0.392. The van der Waals surface area contributed by atoms with Crippen molar-refractivity contribution in [3.05, 3.63) is 29.6 Å². The van der Waals surface area contributed by atoms with Gasteiger partial charge in [-0.3, -0.25) is 0 Å². The first-order chi connectivity index (χ1) is 7.85. The maximum atomic E-state index is 5.20. The molecule has 0 aliphatic heterocycles. The number of methoxy groups -OCH3 is 1. The molecule has 0 radical (unpaired) electrons. The van der Waals surface area contributed by atoms with Crippen molar-refractivity contribution < 1.29 is 4.74 Å². The van der Waals surface area contributed by atoms with Crippen LogP contribution >= 0.6 is 11.3 Å². The molecule has 0 saturated carbocycles. The predicted octanol–water partition coefficient (Wildman–Crippen LogP) is 3.74. The van der Waals surface area contributed by atoms with E-state index in [2.05, 4.69) is 41.9 Å². The molecule has 0 amide bonds. The third kappa shape index (κ3) is 2.36. The standard InChI is InChI=1S/C13H17NOS/c1-3-10(8-15-2)14-12-9-16-13-7-5-4-6-11(12)13/h4-7,9-10,14H,3,8H2,1-2H3. The number of ether oxygens (including phenoxy) is 1. The third-order valence-electron chi connectivity index (χ3n) is 2.70. The number of nitrogens with one attached hydrogen (secondary N) is 1. The van der Waals surface area contributed by atoms with Crippen LogP contribution in [0.3, 0.4) is 0 Å². The maximum absolute atomic E-state index is 5.20. The molecular formula is C13H17NOS. The number of anilines is 1. The molecule has 2 nitrogen and oxygen atoms in total. The first-order valence-corrected chi connectivity index (χ1v) is 6.44. The Balaban J connectivity index is 2.20. The molecule has 0 bridgehead atoms. The molecule has 0 fully saturated rings. The molecule has 1 heterocycles. The Bertz CT molecular complexity index is 452. The van der Waals surface area contributed by atoms with E-state index >= 15 is 0 Å². The van der Waals surface area contributed by atoms with E-state index in [1.807, 2.05) is 0 Å². The van der Waals surface area contributed by atoms with Crippen molar-refractivity contribution in [2.24, 2.45) is 0 Å². The fraction of sp³-hybridized carbons (Fsp3) is 0.385. The van der Waals surface area contributed by atoms with E-state index in [0.717, 1.165) is 13.0 Å². The van der Waals surface area contributed by atoms with E-state index in [9.17, 15) is 0 Å². The summed E-state index contributed by atoms with van der Waals surface area (Å²) < 4.78 is 6.53. The molecule has 16 heavy (non-hydrogen) atoms. The lowest BCUT2D eigenvalue weighted by Gasteiger charge is -2.16. The van der Waals surface area contributed by atoms with Gasteiger partial charge in [-0.15, -0.1) is 11.3 Å². The molecule has 2 aromatic rings. The largest absolute Gasteiger partial charge is 0.383 e. The zero-order chi connectivity index (χ0) is 11.4. The lowest BCUT2D eigenvalue weighted by atomic mass is 10.2. The molecule has 1 aromatic heterocycles. The van der Waals surface area contributed by atoms with Gasteiger partial charge in [0.2, 0.25) is 0 Å². The van der Waals surface area contributed by atoms with Crippen LogP contribution in [-0.4, -0.2) is 19.8 Å². The van der Waals surface area contributed by atoms with Crippen molar-refractivity contribution in [3.63, 3.8) is 0 Å². The summed E-state index contributed by atoms with van der Waals surface area (Å²) in [4.78, 5) is 0. The Hall–Kier alpha value is -1.06. The van der Waals surface area contributed by atoms with Crippen LogP contribution in [0.1, 0.15) is 13.3 Å². The minimum Gasteiger partial charge on any atom is -0.383 e. The Labute approximate surface area is 100 Å². The lowest BCUT2D eigenvalue weighted by molar-refractivity contribution is 0.184. The van der Waals surface area contributed by atoms with Gasteiger partial charge in [0.25, 0.3) is 0 Å². The number of fused-ring (bicyclic) bond motifs is 1. The fourth-order valence-electron chi connectivity index (χ4n) is 1.77. The summed E-state index contributed by atoms with van der Waals surface area (Å²) in [7, 11) is 1.75. The van der Waals surface area contributed by atoms with Gasteiger partial charge in [-0.1, -0.05) is 25.1 Å². The van der Waals surface area contributed by atoms with Crippen molar-refractivity contribution >= 4 is 27.1 Å². The van der Waals surface area contributed by atoms with Crippen molar-refractivity contribution in [1.82, 2.24) is 0 Å². The molecule has 0 aliphatic carbocycles. The van der Waals surface area contributed by atoms with Crippen LogP contribution in [0.2, 0.25) is 0 Å². The summed E-state index contributed by atoms with van der Waals surface area (Å²) in [5.74, 6) is 0. The van der Waals surface area contributed by atoms with Crippen molar-refractivity contribution in [2.75, 3.05) is 19.0 Å². The number of thiophene rings is 1. The second-order valence-electron chi connectivity index (χ2n) is 3.85. The van der Waals surface area contributed by atoms with Gasteiger partial charge < -0.3 is 10.1 Å². The minimum atomic E-state index is 0.392. The maximum Gasteiger partial charge on any atom is 0.0663 e. The number of hydrogen-bond acceptors (Lipinski definition) is 3. The smallest absolute Gasteiger partial charge is 0.0663 e. The van der Waals surface area contributed by atoms with Crippen LogP contribution in [0.15, 0.2) is 29.6 Å². The van der Waals surface area contributed by atoms with Crippen molar-refractivity contribution in [2.45, 2.75) is 19.4 Å². The van der Waals surface area contributed by atoms with Gasteiger partial charge in [0.1, 0.15) is 0 Å². The van der Waals surface area contributed by atoms with Crippen molar-refractivity contribution in [3.8, 4) is 0 Å². The average molecular weight is 235 g/mol. The van der Waals surface area contributed by atoms with Gasteiger partial charge in [0, 0.05) is 28.6 Å². The Kier molecular flexibility index (Phi) is 3.80. The number of rotatable bonds is 5. The molecule has 1 unspecified atom stereocenters. The van der Waals surface area contributed by atoms with E-state index in [1.165, 1.54) is 15.8 Å². The Morgan fingerprint density at radius 1 is 1.38 bits per heavy atom. The van der Waals surface area contributed by atoms with Crippen molar-refractivity contribution in [1.29, 1.82) is 0 Å². The second-order valence-corrected chi connectivity index (χ2v) is 4.76. The van der Waals surface area contributed by atoms with Gasteiger partial charge in [-0.05, 0) is 12.5 Å². The predicted molar refractivity (Wildman–Crippen MR) is 71.4 cm³/mol. The van der Waals surface area contributed by atoms with Gasteiger partial charge in [0.05, 0.1) is 12.3 Å². The van der Waals surface area contributed by atoms with Crippen LogP contribution in [0.5, 0.6) is 0 Å². The average Bonchev–Trinajstić information content (AvgIpc) is 2.72. The monoisotopic (exact) mass is 235 g/mol. The molecule has 86 valence electrons. The highest BCUT2D eigenvalue weighted by atomic mass is 32.1. The molecule has 0 saturated heterocycles. The third-order valence-corrected chi connectivity index (χ3v) is 3.66. The summed E-state index contributed by atoms with van der Waals surface area (Å²) in [6.07, 6.45) is 1.07. The lowest BCUT2D eigenvalue weighted by Crippen LogP contribution is -2.23. The number of benzene rings is 1. The van der Waals surface area contributed by atoms with Gasteiger partial charge in [-0.25, -0.2) is 0 Å². The zero-order valence-corrected chi connectivity index (χ0v) is 10.5.